The van der Waals surface area contributed by atoms with E-state index in [0.29, 0.717) is 36.0 Å². The molecule has 4 rings (SSSR count). The SMILES string of the molecule is CC(OC(=O)N1CCC2(CCCN2Cc2cc3cc(Cl)c(Cl)cc3[nH]2)CC1)C(F)(F)F. The second-order valence-corrected chi connectivity index (χ2v) is 9.27. The normalized spacial score (nSPS) is 20.5. The number of halogens is 5. The third-order valence-corrected chi connectivity index (χ3v) is 7.23. The van der Waals surface area contributed by atoms with E-state index in [1.807, 2.05) is 12.1 Å². The van der Waals surface area contributed by atoms with Crippen LogP contribution in [0.1, 0.15) is 38.3 Å². The summed E-state index contributed by atoms with van der Waals surface area (Å²) >= 11 is 12.2. The Morgan fingerprint density at radius 1 is 1.16 bits per heavy atom. The first-order chi connectivity index (χ1) is 14.6. The number of alkyl halides is 3. The van der Waals surface area contributed by atoms with E-state index >= 15 is 0 Å². The molecule has 31 heavy (non-hydrogen) atoms. The molecular formula is C21H24Cl2F3N3O2. The van der Waals surface area contributed by atoms with Crippen molar-refractivity contribution in [2.75, 3.05) is 19.6 Å². The summed E-state index contributed by atoms with van der Waals surface area (Å²) in [6, 6.07) is 5.72. The molecular weight excluding hydrogens is 454 g/mol. The minimum Gasteiger partial charge on any atom is -0.437 e. The van der Waals surface area contributed by atoms with E-state index in [0.717, 1.165) is 49.5 Å². The maximum Gasteiger partial charge on any atom is 0.425 e. The summed E-state index contributed by atoms with van der Waals surface area (Å²) in [4.78, 5) is 19.4. The number of nitrogens with zero attached hydrogens (tertiary/aromatic N) is 2. The Labute approximate surface area is 188 Å². The van der Waals surface area contributed by atoms with Crippen LogP contribution in [0.5, 0.6) is 0 Å². The van der Waals surface area contributed by atoms with Crippen molar-refractivity contribution in [1.82, 2.24) is 14.8 Å². The Morgan fingerprint density at radius 3 is 2.52 bits per heavy atom. The monoisotopic (exact) mass is 477 g/mol. The topological polar surface area (TPSA) is 48.6 Å². The minimum atomic E-state index is -4.55. The van der Waals surface area contributed by atoms with Crippen LogP contribution in [0.2, 0.25) is 10.0 Å². The average molecular weight is 478 g/mol. The Balaban J connectivity index is 1.40. The predicted molar refractivity (Wildman–Crippen MR) is 113 cm³/mol. The summed E-state index contributed by atoms with van der Waals surface area (Å²) in [6.07, 6.45) is -4.08. The highest BCUT2D eigenvalue weighted by Gasteiger charge is 2.45. The lowest BCUT2D eigenvalue weighted by Gasteiger charge is -2.44. The molecule has 5 nitrogen and oxygen atoms in total. The van der Waals surface area contributed by atoms with Gasteiger partial charge in [0, 0.05) is 41.8 Å². The maximum atomic E-state index is 12.7. The van der Waals surface area contributed by atoms with Crippen LogP contribution >= 0.6 is 23.2 Å². The molecule has 2 aliphatic heterocycles. The van der Waals surface area contributed by atoms with Gasteiger partial charge >= 0.3 is 12.3 Å². The zero-order chi connectivity index (χ0) is 22.4. The van der Waals surface area contributed by atoms with E-state index in [9.17, 15) is 18.0 Å². The fraction of sp³-hybridized carbons (Fsp3) is 0.571. The van der Waals surface area contributed by atoms with Gasteiger partial charge in [-0.1, -0.05) is 23.2 Å². The number of fused-ring (bicyclic) bond motifs is 1. The number of carbonyl (C=O) groups is 1. The van der Waals surface area contributed by atoms with Gasteiger partial charge in [0.25, 0.3) is 0 Å². The highest BCUT2D eigenvalue weighted by molar-refractivity contribution is 6.42. The van der Waals surface area contributed by atoms with Gasteiger partial charge in [0.05, 0.1) is 10.0 Å². The number of amides is 1. The molecule has 1 N–H and O–H groups in total. The maximum absolute atomic E-state index is 12.7. The molecule has 1 atom stereocenters. The van der Waals surface area contributed by atoms with Crippen molar-refractivity contribution in [3.05, 3.63) is 33.9 Å². The van der Waals surface area contributed by atoms with E-state index in [4.69, 9.17) is 23.2 Å². The Hall–Kier alpha value is -1.64. The molecule has 2 saturated heterocycles. The minimum absolute atomic E-state index is 0.0565. The molecule has 1 aromatic heterocycles. The van der Waals surface area contributed by atoms with Gasteiger partial charge < -0.3 is 14.6 Å². The molecule has 2 fully saturated rings. The van der Waals surface area contributed by atoms with Crippen molar-refractivity contribution < 1.29 is 22.7 Å². The van der Waals surface area contributed by atoms with Gasteiger partial charge in [-0.2, -0.15) is 13.2 Å². The number of carbonyl (C=O) groups excluding carboxylic acids is 1. The molecule has 1 spiro atoms. The van der Waals surface area contributed by atoms with Gasteiger partial charge in [0.15, 0.2) is 6.10 Å². The number of rotatable bonds is 3. The van der Waals surface area contributed by atoms with Gasteiger partial charge in [-0.05, 0) is 57.4 Å². The van der Waals surface area contributed by atoms with E-state index in [-0.39, 0.29) is 5.54 Å². The van der Waals surface area contributed by atoms with Gasteiger partial charge in [-0.15, -0.1) is 0 Å². The number of H-pyrrole nitrogens is 1. The first-order valence-electron chi connectivity index (χ1n) is 10.3. The molecule has 10 heteroatoms. The van der Waals surface area contributed by atoms with Crippen molar-refractivity contribution in [3.8, 4) is 0 Å². The van der Waals surface area contributed by atoms with Crippen LogP contribution in [0.3, 0.4) is 0 Å². The Kier molecular flexibility index (Phi) is 6.09. The molecule has 0 aliphatic carbocycles. The van der Waals surface area contributed by atoms with Gasteiger partial charge in [-0.25, -0.2) is 4.79 Å². The average Bonchev–Trinajstić information content (AvgIpc) is 3.25. The van der Waals surface area contributed by atoms with Crippen LogP contribution in [-0.2, 0) is 11.3 Å². The van der Waals surface area contributed by atoms with Crippen LogP contribution in [0.4, 0.5) is 18.0 Å². The molecule has 0 saturated carbocycles. The first kappa shape index (κ1) is 22.6. The number of likely N-dealkylation sites (tertiary alicyclic amines) is 2. The van der Waals surface area contributed by atoms with Crippen LogP contribution in [0.25, 0.3) is 10.9 Å². The largest absolute Gasteiger partial charge is 0.437 e. The molecule has 0 radical (unpaired) electrons. The molecule has 1 amide bonds. The molecule has 3 heterocycles. The molecule has 170 valence electrons. The summed E-state index contributed by atoms with van der Waals surface area (Å²) in [5.41, 5.74) is 1.92. The smallest absolute Gasteiger partial charge is 0.425 e. The predicted octanol–water partition coefficient (Wildman–Crippen LogP) is 5.99. The second kappa shape index (κ2) is 8.37. The van der Waals surface area contributed by atoms with Crippen molar-refractivity contribution in [3.63, 3.8) is 0 Å². The highest BCUT2D eigenvalue weighted by atomic mass is 35.5. The fourth-order valence-corrected chi connectivity index (χ4v) is 5.02. The zero-order valence-electron chi connectivity index (χ0n) is 17.1. The van der Waals surface area contributed by atoms with Gasteiger partial charge in [-0.3, -0.25) is 4.90 Å². The number of benzene rings is 1. The second-order valence-electron chi connectivity index (χ2n) is 8.45. The number of aromatic nitrogens is 1. The number of aromatic amines is 1. The summed E-state index contributed by atoms with van der Waals surface area (Å²) in [5.74, 6) is 0. The van der Waals surface area contributed by atoms with E-state index in [1.165, 1.54) is 4.90 Å². The third kappa shape index (κ3) is 4.61. The van der Waals surface area contributed by atoms with Crippen molar-refractivity contribution in [2.24, 2.45) is 0 Å². The number of hydrogen-bond donors (Lipinski definition) is 1. The van der Waals surface area contributed by atoms with Crippen molar-refractivity contribution >= 4 is 40.2 Å². The third-order valence-electron chi connectivity index (χ3n) is 6.51. The van der Waals surface area contributed by atoms with Crippen LogP contribution in [0, 0.1) is 0 Å². The van der Waals surface area contributed by atoms with Gasteiger partial charge in [0.2, 0.25) is 0 Å². The molecule has 2 aliphatic rings. The summed E-state index contributed by atoms with van der Waals surface area (Å²) in [7, 11) is 0. The van der Waals surface area contributed by atoms with Crippen molar-refractivity contribution in [2.45, 2.75) is 57.0 Å². The number of ether oxygens (including phenoxy) is 1. The van der Waals surface area contributed by atoms with Crippen LogP contribution in [0.15, 0.2) is 18.2 Å². The fourth-order valence-electron chi connectivity index (χ4n) is 4.68. The summed E-state index contributed by atoms with van der Waals surface area (Å²) < 4.78 is 42.6. The molecule has 2 aromatic rings. The van der Waals surface area contributed by atoms with E-state index < -0.39 is 18.4 Å². The Bertz CT molecular complexity index is 932. The van der Waals surface area contributed by atoms with Crippen LogP contribution < -0.4 is 0 Å². The molecule has 0 bridgehead atoms. The number of nitrogens with one attached hydrogen (secondary N) is 1. The first-order valence-corrected chi connectivity index (χ1v) is 11.1. The summed E-state index contributed by atoms with van der Waals surface area (Å²) in [5, 5.41) is 2.00. The zero-order valence-corrected chi connectivity index (χ0v) is 18.6. The Morgan fingerprint density at radius 2 is 1.84 bits per heavy atom. The van der Waals surface area contributed by atoms with Crippen LogP contribution in [-0.4, -0.2) is 58.3 Å². The molecule has 1 unspecified atom stereocenters. The van der Waals surface area contributed by atoms with E-state index in [1.54, 1.807) is 0 Å². The van der Waals surface area contributed by atoms with E-state index in [2.05, 4.69) is 20.7 Å². The number of hydrogen-bond acceptors (Lipinski definition) is 3. The lowest BCUT2D eigenvalue weighted by molar-refractivity contribution is -0.200. The highest BCUT2D eigenvalue weighted by Crippen LogP contribution is 2.40. The van der Waals surface area contributed by atoms with Crippen molar-refractivity contribution in [1.29, 1.82) is 0 Å². The summed E-state index contributed by atoms with van der Waals surface area (Å²) in [6.45, 7) is 3.28. The lowest BCUT2D eigenvalue weighted by Crippen LogP contribution is -2.53. The lowest BCUT2D eigenvalue weighted by atomic mass is 9.85. The van der Waals surface area contributed by atoms with Gasteiger partial charge in [0.1, 0.15) is 0 Å². The number of piperidine rings is 1. The quantitative estimate of drug-likeness (QED) is 0.590. The standard InChI is InChI=1S/C21H24Cl2F3N3O2/c1-13(21(24,25)26)31-19(30)28-7-4-20(5-8-28)3-2-6-29(20)12-15-9-14-10-16(22)17(23)11-18(14)27-15/h9-11,13,27H,2-8,12H2,1H3. The molecule has 1 aromatic carbocycles.